The van der Waals surface area contributed by atoms with Crippen molar-refractivity contribution in [2.75, 3.05) is 32.9 Å². The number of aromatic nitrogens is 2. The largest absolute Gasteiger partial charge is 0.493 e. The first-order valence-electron chi connectivity index (χ1n) is 8.59. The molecule has 1 aliphatic heterocycles. The van der Waals surface area contributed by atoms with E-state index in [9.17, 15) is 4.79 Å². The lowest BCUT2D eigenvalue weighted by Gasteiger charge is -2.23. The van der Waals surface area contributed by atoms with Crippen molar-refractivity contribution in [2.24, 2.45) is 5.92 Å². The summed E-state index contributed by atoms with van der Waals surface area (Å²) in [6.45, 7) is 2.93. The molecule has 2 heterocycles. The molecular formula is C19H23N3O3. The first-order valence-corrected chi connectivity index (χ1v) is 8.59. The van der Waals surface area contributed by atoms with Crippen molar-refractivity contribution < 1.29 is 14.3 Å². The zero-order valence-electron chi connectivity index (χ0n) is 14.2. The van der Waals surface area contributed by atoms with Crippen molar-refractivity contribution in [3.63, 3.8) is 0 Å². The van der Waals surface area contributed by atoms with Crippen LogP contribution in [0, 0.1) is 5.92 Å². The summed E-state index contributed by atoms with van der Waals surface area (Å²) in [4.78, 5) is 22.6. The van der Waals surface area contributed by atoms with E-state index in [0.29, 0.717) is 39.3 Å². The summed E-state index contributed by atoms with van der Waals surface area (Å²) >= 11 is 0. The van der Waals surface area contributed by atoms with Gasteiger partial charge < -0.3 is 14.4 Å². The van der Waals surface area contributed by atoms with Gasteiger partial charge in [0.05, 0.1) is 26.2 Å². The second-order valence-electron chi connectivity index (χ2n) is 6.10. The van der Waals surface area contributed by atoms with Crippen molar-refractivity contribution in [3.05, 3.63) is 54.6 Å². The third-order valence-corrected chi connectivity index (χ3v) is 4.16. The molecule has 6 nitrogen and oxygen atoms in total. The summed E-state index contributed by atoms with van der Waals surface area (Å²) in [6.07, 6.45) is 4.45. The van der Waals surface area contributed by atoms with Crippen molar-refractivity contribution in [1.82, 2.24) is 14.9 Å². The third-order valence-electron chi connectivity index (χ3n) is 4.16. The van der Waals surface area contributed by atoms with Crippen molar-refractivity contribution in [2.45, 2.75) is 12.8 Å². The van der Waals surface area contributed by atoms with E-state index < -0.39 is 0 Å². The highest BCUT2D eigenvalue weighted by molar-refractivity contribution is 5.76. The van der Waals surface area contributed by atoms with Gasteiger partial charge in [-0.2, -0.15) is 0 Å². The van der Waals surface area contributed by atoms with Crippen molar-refractivity contribution in [3.8, 4) is 5.75 Å². The third kappa shape index (κ3) is 5.53. The van der Waals surface area contributed by atoms with Crippen molar-refractivity contribution >= 4 is 5.91 Å². The molecule has 0 N–H and O–H groups in total. The van der Waals surface area contributed by atoms with Crippen LogP contribution in [0.2, 0.25) is 0 Å². The Bertz CT molecular complexity index is 651. The zero-order valence-corrected chi connectivity index (χ0v) is 14.2. The lowest BCUT2D eigenvalue weighted by atomic mass is 10.0. The zero-order chi connectivity index (χ0) is 17.3. The highest BCUT2D eigenvalue weighted by atomic mass is 16.5. The van der Waals surface area contributed by atoms with Gasteiger partial charge >= 0.3 is 0 Å². The van der Waals surface area contributed by atoms with Crippen LogP contribution in [0.3, 0.4) is 0 Å². The van der Waals surface area contributed by atoms with Gasteiger partial charge in [-0.1, -0.05) is 18.2 Å². The molecule has 6 heteroatoms. The Balaban J connectivity index is 1.49. The van der Waals surface area contributed by atoms with Gasteiger partial charge in [0, 0.05) is 30.9 Å². The van der Waals surface area contributed by atoms with E-state index in [1.54, 1.807) is 12.5 Å². The van der Waals surface area contributed by atoms with Crippen LogP contribution < -0.4 is 4.74 Å². The summed E-state index contributed by atoms with van der Waals surface area (Å²) in [5.41, 5.74) is 0.977. The molecule has 1 saturated heterocycles. The predicted octanol–water partition coefficient (Wildman–Crippen LogP) is 1.96. The van der Waals surface area contributed by atoms with Crippen LogP contribution in [0.4, 0.5) is 0 Å². The first kappa shape index (κ1) is 17.4. The maximum atomic E-state index is 12.5. The summed E-state index contributed by atoms with van der Waals surface area (Å²) in [7, 11) is 0. The summed E-state index contributed by atoms with van der Waals surface area (Å²) in [5.74, 6) is 1.14. The molecule has 0 bridgehead atoms. The van der Waals surface area contributed by atoms with Crippen LogP contribution in [-0.4, -0.2) is 53.7 Å². The van der Waals surface area contributed by atoms with Gasteiger partial charge in [0.15, 0.2) is 0 Å². The second-order valence-corrected chi connectivity index (χ2v) is 6.10. The summed E-state index contributed by atoms with van der Waals surface area (Å²) in [5, 5.41) is 0. The smallest absolute Gasteiger partial charge is 0.226 e. The van der Waals surface area contributed by atoms with Crippen LogP contribution in [-0.2, 0) is 16.0 Å². The van der Waals surface area contributed by atoms with Gasteiger partial charge in [-0.25, -0.2) is 9.97 Å². The number of hydrogen-bond donors (Lipinski definition) is 0. The molecule has 1 atom stereocenters. The Kier molecular flexibility index (Phi) is 6.34. The molecule has 1 aromatic heterocycles. The molecule has 0 saturated carbocycles. The Morgan fingerprint density at radius 1 is 1.28 bits per heavy atom. The highest BCUT2D eigenvalue weighted by Crippen LogP contribution is 2.14. The van der Waals surface area contributed by atoms with Gasteiger partial charge in [-0.05, 0) is 24.6 Å². The van der Waals surface area contributed by atoms with Crippen LogP contribution in [0.25, 0.3) is 0 Å². The number of benzene rings is 1. The fourth-order valence-electron chi connectivity index (χ4n) is 2.90. The molecule has 0 unspecified atom stereocenters. The van der Waals surface area contributed by atoms with Crippen LogP contribution >= 0.6 is 0 Å². The number of amides is 1. The minimum Gasteiger partial charge on any atom is -0.493 e. The fourth-order valence-corrected chi connectivity index (χ4v) is 2.90. The topological polar surface area (TPSA) is 64.5 Å². The minimum absolute atomic E-state index is 0.106. The number of para-hydroxylation sites is 1. The Morgan fingerprint density at radius 2 is 2.16 bits per heavy atom. The molecular weight excluding hydrogens is 318 g/mol. The van der Waals surface area contributed by atoms with Gasteiger partial charge in [-0.15, -0.1) is 0 Å². The van der Waals surface area contributed by atoms with Crippen LogP contribution in [0.1, 0.15) is 12.1 Å². The number of nitrogens with zero attached hydrogens (tertiary/aromatic N) is 3. The van der Waals surface area contributed by atoms with Gasteiger partial charge in [0.1, 0.15) is 12.1 Å². The number of ether oxygens (including phenoxy) is 2. The Morgan fingerprint density at radius 3 is 2.96 bits per heavy atom. The molecule has 2 aromatic rings. The fraction of sp³-hybridized carbons (Fsp3) is 0.421. The molecule has 1 amide bonds. The lowest BCUT2D eigenvalue weighted by molar-refractivity contribution is -0.132. The van der Waals surface area contributed by atoms with Gasteiger partial charge in [0.25, 0.3) is 0 Å². The number of carbonyl (C=O) groups excluding carboxylic acids is 1. The lowest BCUT2D eigenvalue weighted by Crippen LogP contribution is -2.37. The number of rotatable bonds is 6. The second kappa shape index (κ2) is 9.13. The van der Waals surface area contributed by atoms with Crippen molar-refractivity contribution in [1.29, 1.82) is 0 Å². The van der Waals surface area contributed by atoms with Gasteiger partial charge in [0.2, 0.25) is 5.91 Å². The van der Waals surface area contributed by atoms with E-state index in [1.807, 2.05) is 41.3 Å². The highest BCUT2D eigenvalue weighted by Gasteiger charge is 2.23. The molecule has 1 aromatic carbocycles. The molecule has 0 radical (unpaired) electrons. The quantitative estimate of drug-likeness (QED) is 0.804. The normalized spacial score (nSPS) is 17.8. The summed E-state index contributed by atoms with van der Waals surface area (Å²) < 4.78 is 11.3. The average molecular weight is 341 g/mol. The Hall–Kier alpha value is -2.47. The van der Waals surface area contributed by atoms with E-state index >= 15 is 0 Å². The van der Waals surface area contributed by atoms with Crippen LogP contribution in [0.5, 0.6) is 5.75 Å². The van der Waals surface area contributed by atoms with Crippen LogP contribution in [0.15, 0.2) is 48.9 Å². The SMILES string of the molecule is O=C(CCOc1ccccc1)N1CCOC[C@@H](Cc2ccncn2)C1. The number of hydrogen-bond acceptors (Lipinski definition) is 5. The van der Waals surface area contributed by atoms with E-state index in [4.69, 9.17) is 9.47 Å². The monoisotopic (exact) mass is 341 g/mol. The molecule has 25 heavy (non-hydrogen) atoms. The molecule has 3 rings (SSSR count). The molecule has 1 aliphatic rings. The molecule has 0 spiro atoms. The van der Waals surface area contributed by atoms with E-state index in [2.05, 4.69) is 9.97 Å². The number of carbonyl (C=O) groups is 1. The summed E-state index contributed by atoms with van der Waals surface area (Å²) in [6, 6.07) is 11.5. The predicted molar refractivity (Wildman–Crippen MR) is 93.2 cm³/mol. The van der Waals surface area contributed by atoms with Gasteiger partial charge in [-0.3, -0.25) is 4.79 Å². The molecule has 0 aliphatic carbocycles. The van der Waals surface area contributed by atoms with E-state index in [-0.39, 0.29) is 11.8 Å². The Labute approximate surface area is 147 Å². The average Bonchev–Trinajstić information content (AvgIpc) is 2.89. The maximum absolute atomic E-state index is 12.5. The minimum atomic E-state index is 0.106. The van der Waals surface area contributed by atoms with E-state index in [1.165, 1.54) is 0 Å². The first-order chi connectivity index (χ1) is 12.3. The van der Waals surface area contributed by atoms with E-state index in [0.717, 1.165) is 17.9 Å². The standard InChI is InChI=1S/C19H23N3O3/c23-19(7-10-25-18-4-2-1-3-5-18)22-9-11-24-14-16(13-22)12-17-6-8-20-15-21-17/h1-6,8,15-16H,7,9-14H2/t16-/m0/s1. The molecule has 1 fully saturated rings. The maximum Gasteiger partial charge on any atom is 0.226 e. The molecule has 132 valence electrons.